The summed E-state index contributed by atoms with van der Waals surface area (Å²) >= 11 is 0. The minimum absolute atomic E-state index is 0.00639. The van der Waals surface area contributed by atoms with Gasteiger partial charge in [0, 0.05) is 6.42 Å². The molecule has 112 valence electrons. The Morgan fingerprint density at radius 1 is 1.25 bits per heavy atom. The van der Waals surface area contributed by atoms with E-state index in [1.165, 1.54) is 6.07 Å². The highest BCUT2D eigenvalue weighted by Gasteiger charge is 2.34. The zero-order valence-corrected chi connectivity index (χ0v) is 12.2. The molecule has 2 nitrogen and oxygen atoms in total. The largest absolute Gasteiger partial charge is 0.416 e. The summed E-state index contributed by atoms with van der Waals surface area (Å²) in [6.07, 6.45) is -3.76. The second kappa shape index (κ2) is 5.95. The van der Waals surface area contributed by atoms with Gasteiger partial charge in [-0.2, -0.15) is 13.2 Å². The van der Waals surface area contributed by atoms with Crippen molar-refractivity contribution in [2.45, 2.75) is 38.4 Å². The van der Waals surface area contributed by atoms with E-state index in [1.807, 2.05) is 18.7 Å². The van der Waals surface area contributed by atoms with Crippen molar-refractivity contribution in [1.29, 1.82) is 0 Å². The molecule has 1 unspecified atom stereocenters. The van der Waals surface area contributed by atoms with Crippen LogP contribution in [-0.2, 0) is 17.4 Å². The molecule has 0 aromatic heterocycles. The Hall–Kier alpha value is -1.36. The van der Waals surface area contributed by atoms with Gasteiger partial charge in [0.2, 0.25) is 0 Å². The van der Waals surface area contributed by atoms with Crippen LogP contribution in [0.15, 0.2) is 24.3 Å². The lowest BCUT2D eigenvalue weighted by Crippen LogP contribution is -2.48. The minimum atomic E-state index is -4.38. The van der Waals surface area contributed by atoms with E-state index in [-0.39, 0.29) is 12.2 Å². The summed E-state index contributed by atoms with van der Waals surface area (Å²) in [7, 11) is 3.60. The van der Waals surface area contributed by atoms with Gasteiger partial charge in [-0.25, -0.2) is 0 Å². The highest BCUT2D eigenvalue weighted by Crippen LogP contribution is 2.30. The SMILES string of the molecule is CCC(C)(C(=O)Cc1cccc(C(F)(F)F)c1)N(C)C. The maximum atomic E-state index is 12.6. The fourth-order valence-corrected chi connectivity index (χ4v) is 2.00. The van der Waals surface area contributed by atoms with Crippen LogP contribution in [0, 0.1) is 0 Å². The van der Waals surface area contributed by atoms with Gasteiger partial charge in [0.1, 0.15) is 0 Å². The molecule has 20 heavy (non-hydrogen) atoms. The van der Waals surface area contributed by atoms with Crippen molar-refractivity contribution in [3.63, 3.8) is 0 Å². The van der Waals surface area contributed by atoms with Crippen LogP contribution in [0.4, 0.5) is 13.2 Å². The van der Waals surface area contributed by atoms with Gasteiger partial charge in [0.05, 0.1) is 11.1 Å². The molecule has 1 rings (SSSR count). The van der Waals surface area contributed by atoms with Crippen molar-refractivity contribution < 1.29 is 18.0 Å². The Morgan fingerprint density at radius 2 is 1.85 bits per heavy atom. The van der Waals surface area contributed by atoms with E-state index in [1.54, 1.807) is 20.2 Å². The van der Waals surface area contributed by atoms with Gasteiger partial charge in [0.15, 0.2) is 5.78 Å². The minimum Gasteiger partial charge on any atom is -0.297 e. The second-order valence-corrected chi connectivity index (χ2v) is 5.32. The summed E-state index contributed by atoms with van der Waals surface area (Å²) in [5, 5.41) is 0. The third-order valence-electron chi connectivity index (χ3n) is 3.90. The number of nitrogens with zero attached hydrogens (tertiary/aromatic N) is 1. The number of hydrogen-bond acceptors (Lipinski definition) is 2. The normalized spacial score (nSPS) is 15.2. The lowest BCUT2D eigenvalue weighted by molar-refractivity contribution is -0.137. The third kappa shape index (κ3) is 3.60. The quantitative estimate of drug-likeness (QED) is 0.825. The van der Waals surface area contributed by atoms with E-state index in [2.05, 4.69) is 0 Å². The van der Waals surface area contributed by atoms with Crippen molar-refractivity contribution in [2.24, 2.45) is 0 Å². The number of hydrogen-bond donors (Lipinski definition) is 0. The molecule has 0 N–H and O–H groups in total. The second-order valence-electron chi connectivity index (χ2n) is 5.32. The molecule has 1 aromatic carbocycles. The molecule has 0 amide bonds. The van der Waals surface area contributed by atoms with Crippen LogP contribution >= 0.6 is 0 Å². The Morgan fingerprint density at radius 3 is 2.30 bits per heavy atom. The standard InChI is InChI=1S/C15H20F3NO/c1-5-14(2,19(3)4)13(20)10-11-7-6-8-12(9-11)15(16,17)18/h6-9H,5,10H2,1-4H3. The number of benzene rings is 1. The van der Waals surface area contributed by atoms with Crippen LogP contribution in [-0.4, -0.2) is 30.3 Å². The number of carbonyl (C=O) groups excluding carboxylic acids is 1. The Labute approximate surface area is 117 Å². The van der Waals surface area contributed by atoms with E-state index in [9.17, 15) is 18.0 Å². The van der Waals surface area contributed by atoms with Crippen molar-refractivity contribution >= 4 is 5.78 Å². The molecule has 0 saturated heterocycles. The molecule has 0 fully saturated rings. The van der Waals surface area contributed by atoms with Crippen molar-refractivity contribution in [1.82, 2.24) is 4.90 Å². The van der Waals surface area contributed by atoms with Crippen LogP contribution < -0.4 is 0 Å². The first-order valence-corrected chi connectivity index (χ1v) is 6.48. The summed E-state index contributed by atoms with van der Waals surface area (Å²) in [5.41, 5.74) is -0.981. The smallest absolute Gasteiger partial charge is 0.297 e. The van der Waals surface area contributed by atoms with Gasteiger partial charge in [-0.05, 0) is 39.1 Å². The average Bonchev–Trinajstić information content (AvgIpc) is 2.36. The first kappa shape index (κ1) is 16.7. The molecule has 0 spiro atoms. The van der Waals surface area contributed by atoms with Crippen LogP contribution in [0.2, 0.25) is 0 Å². The predicted molar refractivity (Wildman–Crippen MR) is 72.5 cm³/mol. The molecule has 1 atom stereocenters. The highest BCUT2D eigenvalue weighted by molar-refractivity contribution is 5.89. The Kier molecular flexibility index (Phi) is 4.97. The summed E-state index contributed by atoms with van der Waals surface area (Å²) < 4.78 is 37.9. The number of Topliss-reactive ketones (excluding diaryl/α,β-unsaturated/α-hetero) is 1. The van der Waals surface area contributed by atoms with Gasteiger partial charge in [-0.3, -0.25) is 9.69 Å². The summed E-state index contributed by atoms with van der Waals surface area (Å²) in [6.45, 7) is 3.70. The summed E-state index contributed by atoms with van der Waals surface area (Å²) in [5.74, 6) is -0.0793. The molecular formula is C15H20F3NO. The zero-order chi connectivity index (χ0) is 15.6. The lowest BCUT2D eigenvalue weighted by Gasteiger charge is -2.34. The number of alkyl halides is 3. The molecule has 0 aliphatic carbocycles. The maximum absolute atomic E-state index is 12.6. The predicted octanol–water partition coefficient (Wildman–Crippen LogP) is 3.55. The van der Waals surface area contributed by atoms with Crippen molar-refractivity contribution in [3.05, 3.63) is 35.4 Å². The Balaban J connectivity index is 2.97. The van der Waals surface area contributed by atoms with E-state index in [0.717, 1.165) is 12.1 Å². The topological polar surface area (TPSA) is 20.3 Å². The Bertz CT molecular complexity index is 482. The van der Waals surface area contributed by atoms with Gasteiger partial charge >= 0.3 is 6.18 Å². The fourth-order valence-electron chi connectivity index (χ4n) is 2.00. The van der Waals surface area contributed by atoms with E-state index in [4.69, 9.17) is 0 Å². The number of halogens is 3. The molecule has 0 heterocycles. The molecule has 0 saturated carbocycles. The molecule has 0 bridgehead atoms. The molecule has 1 aromatic rings. The number of rotatable bonds is 5. The van der Waals surface area contributed by atoms with Crippen LogP contribution in [0.25, 0.3) is 0 Å². The summed E-state index contributed by atoms with van der Waals surface area (Å²) in [6, 6.07) is 4.95. The van der Waals surface area contributed by atoms with E-state index < -0.39 is 17.3 Å². The third-order valence-corrected chi connectivity index (χ3v) is 3.90. The van der Waals surface area contributed by atoms with Crippen LogP contribution in [0.1, 0.15) is 31.4 Å². The van der Waals surface area contributed by atoms with Crippen molar-refractivity contribution in [3.8, 4) is 0 Å². The zero-order valence-electron chi connectivity index (χ0n) is 12.2. The van der Waals surface area contributed by atoms with Crippen LogP contribution in [0.3, 0.4) is 0 Å². The number of likely N-dealkylation sites (N-methyl/N-ethyl adjacent to an activating group) is 1. The first-order chi connectivity index (χ1) is 9.11. The van der Waals surface area contributed by atoms with Crippen molar-refractivity contribution in [2.75, 3.05) is 14.1 Å². The fraction of sp³-hybridized carbons (Fsp3) is 0.533. The van der Waals surface area contributed by atoms with E-state index >= 15 is 0 Å². The summed E-state index contributed by atoms with van der Waals surface area (Å²) in [4.78, 5) is 14.2. The maximum Gasteiger partial charge on any atom is 0.416 e. The van der Waals surface area contributed by atoms with Gasteiger partial charge in [0.25, 0.3) is 0 Å². The molecular weight excluding hydrogens is 267 g/mol. The average molecular weight is 287 g/mol. The van der Waals surface area contributed by atoms with Gasteiger partial charge in [-0.15, -0.1) is 0 Å². The highest BCUT2D eigenvalue weighted by atomic mass is 19.4. The van der Waals surface area contributed by atoms with Crippen LogP contribution in [0.5, 0.6) is 0 Å². The first-order valence-electron chi connectivity index (χ1n) is 6.48. The van der Waals surface area contributed by atoms with Gasteiger partial charge in [-0.1, -0.05) is 25.1 Å². The van der Waals surface area contributed by atoms with E-state index in [0.29, 0.717) is 12.0 Å². The number of carbonyl (C=O) groups is 1. The van der Waals surface area contributed by atoms with Gasteiger partial charge < -0.3 is 0 Å². The lowest BCUT2D eigenvalue weighted by atomic mass is 9.88. The molecule has 0 radical (unpaired) electrons. The molecule has 0 aliphatic heterocycles. The number of ketones is 1. The molecule has 0 aliphatic rings. The molecule has 5 heteroatoms. The monoisotopic (exact) mass is 287 g/mol.